The molecule has 3 heterocycles. The molecule has 0 bridgehead atoms. The van der Waals surface area contributed by atoms with Crippen molar-refractivity contribution in [2.45, 2.75) is 0 Å². The maximum Gasteiger partial charge on any atom is 0.166 e. The third-order valence-electron chi connectivity index (χ3n) is 8.66. The second-order valence-corrected chi connectivity index (χ2v) is 11.6. The van der Waals surface area contributed by atoms with Gasteiger partial charge >= 0.3 is 0 Å². The maximum atomic E-state index is 9.17. The van der Waals surface area contributed by atoms with E-state index in [0.717, 1.165) is 0 Å². The van der Waals surface area contributed by atoms with Crippen molar-refractivity contribution in [1.82, 2.24) is 19.5 Å². The minimum absolute atomic E-state index is 0.00169. The average molecular weight is 652 g/mol. The smallest absolute Gasteiger partial charge is 0.166 e. The molecule has 0 aliphatic rings. The van der Waals surface area contributed by atoms with Gasteiger partial charge in [-0.25, -0.2) is 15.0 Å². The molecule has 0 aliphatic carbocycles. The molecule has 0 fully saturated rings. The van der Waals surface area contributed by atoms with Gasteiger partial charge in [-0.2, -0.15) is 0 Å². The standard InChI is InChI=1S/C45H28N4O/c1-3-14-29(15-4-1)43-46-44(30-16-5-2-6-17-30)48-45(47-43)37-28-31(32-21-13-22-36-35-20-9-12-25-41(35)50-42(32)36)26-27-40(37)49-38-23-10-7-18-33(38)34-19-8-11-24-39(34)49/h1-28H/i7D,8D,9D,13D,18D,19D,20D,22D,23D,24D,25D. The Balaban J connectivity index is 1.37. The van der Waals surface area contributed by atoms with Gasteiger partial charge in [-0.05, 0) is 35.8 Å². The first-order chi connectivity index (χ1) is 29.3. The van der Waals surface area contributed by atoms with Crippen molar-refractivity contribution in [3.8, 4) is 51.0 Å². The molecular weight excluding hydrogens is 613 g/mol. The van der Waals surface area contributed by atoms with Crippen molar-refractivity contribution in [2.75, 3.05) is 0 Å². The summed E-state index contributed by atoms with van der Waals surface area (Å²) in [5, 5.41) is 0.330. The van der Waals surface area contributed by atoms with Crippen LogP contribution in [0.5, 0.6) is 0 Å². The summed E-state index contributed by atoms with van der Waals surface area (Å²) in [5.74, 6) is 0.802. The van der Waals surface area contributed by atoms with Gasteiger partial charge < -0.3 is 8.98 Å². The number of furan rings is 1. The average Bonchev–Trinajstić information content (AvgIpc) is 3.85. The Labute approximate surface area is 303 Å². The van der Waals surface area contributed by atoms with Crippen LogP contribution < -0.4 is 0 Å². The largest absolute Gasteiger partial charge is 0.455 e. The molecule has 7 aromatic carbocycles. The van der Waals surface area contributed by atoms with E-state index >= 15 is 0 Å². The summed E-state index contributed by atoms with van der Waals surface area (Å²) >= 11 is 0. The summed E-state index contributed by atoms with van der Waals surface area (Å²) in [4.78, 5) is 14.9. The highest BCUT2D eigenvalue weighted by atomic mass is 16.3. The van der Waals surface area contributed by atoms with E-state index in [1.54, 1.807) is 22.8 Å². The van der Waals surface area contributed by atoms with Crippen LogP contribution in [0.25, 0.3) is 94.7 Å². The molecule has 0 atom stereocenters. The van der Waals surface area contributed by atoms with Crippen LogP contribution in [0, 0.1) is 0 Å². The molecule has 0 saturated carbocycles. The van der Waals surface area contributed by atoms with E-state index in [4.69, 9.17) is 31.7 Å². The molecule has 5 nitrogen and oxygen atoms in total. The molecule has 0 amide bonds. The van der Waals surface area contributed by atoms with E-state index in [-0.39, 0.29) is 116 Å². The Bertz CT molecular complexity index is 3370. The van der Waals surface area contributed by atoms with Gasteiger partial charge in [0.15, 0.2) is 17.5 Å². The fraction of sp³-hybridized carbons (Fsp3) is 0. The first-order valence-corrected chi connectivity index (χ1v) is 15.8. The van der Waals surface area contributed by atoms with E-state index in [0.29, 0.717) is 45.2 Å². The van der Waals surface area contributed by atoms with E-state index < -0.39 is 0 Å². The third-order valence-corrected chi connectivity index (χ3v) is 8.66. The first kappa shape index (κ1) is 19.2. The molecular formula is C45H28N4O. The van der Waals surface area contributed by atoms with Gasteiger partial charge in [0, 0.05) is 43.8 Å². The van der Waals surface area contributed by atoms with Crippen LogP contribution in [-0.4, -0.2) is 19.5 Å². The number of nitrogens with zero attached hydrogens (tertiary/aromatic N) is 4. The van der Waals surface area contributed by atoms with Crippen molar-refractivity contribution < 1.29 is 19.5 Å². The van der Waals surface area contributed by atoms with Gasteiger partial charge in [0.25, 0.3) is 0 Å². The second-order valence-electron chi connectivity index (χ2n) is 11.6. The maximum absolute atomic E-state index is 9.17. The first-order valence-electron chi connectivity index (χ1n) is 21.3. The molecule has 0 saturated heterocycles. The number of hydrogen-bond donors (Lipinski definition) is 0. The molecule has 234 valence electrons. The van der Waals surface area contributed by atoms with Crippen LogP contribution in [0.3, 0.4) is 0 Å². The molecule has 5 heteroatoms. The van der Waals surface area contributed by atoms with Crippen molar-refractivity contribution in [3.63, 3.8) is 0 Å². The Morgan fingerprint density at radius 1 is 0.460 bits per heavy atom. The predicted octanol–water partition coefficient (Wildman–Crippen LogP) is 11.5. The van der Waals surface area contributed by atoms with Crippen LogP contribution in [0.15, 0.2) is 174 Å². The Morgan fingerprint density at radius 3 is 1.70 bits per heavy atom. The second kappa shape index (κ2) is 11.4. The Kier molecular flexibility index (Phi) is 4.38. The quantitative estimate of drug-likeness (QED) is 0.186. The Hall–Kier alpha value is -6.85. The number of para-hydroxylation sites is 4. The molecule has 0 aliphatic heterocycles. The zero-order valence-corrected chi connectivity index (χ0v) is 26.0. The minimum Gasteiger partial charge on any atom is -0.455 e. The van der Waals surface area contributed by atoms with Gasteiger partial charge in [0.2, 0.25) is 0 Å². The van der Waals surface area contributed by atoms with Crippen molar-refractivity contribution in [1.29, 1.82) is 0 Å². The number of hydrogen-bond acceptors (Lipinski definition) is 4. The fourth-order valence-electron chi connectivity index (χ4n) is 6.39. The number of fused-ring (bicyclic) bond motifs is 6. The highest BCUT2D eigenvalue weighted by molar-refractivity contribution is 6.11. The molecule has 10 rings (SSSR count). The number of rotatable bonds is 5. The lowest BCUT2D eigenvalue weighted by Gasteiger charge is -2.16. The van der Waals surface area contributed by atoms with Crippen LogP contribution in [0.1, 0.15) is 15.1 Å². The summed E-state index contributed by atoms with van der Waals surface area (Å²) in [7, 11) is 0. The van der Waals surface area contributed by atoms with E-state index in [2.05, 4.69) is 0 Å². The zero-order chi connectivity index (χ0) is 42.6. The summed E-state index contributed by atoms with van der Waals surface area (Å²) in [6, 6.07) is 26.4. The monoisotopic (exact) mass is 651 g/mol. The van der Waals surface area contributed by atoms with Gasteiger partial charge in [-0.15, -0.1) is 0 Å². The van der Waals surface area contributed by atoms with Crippen LogP contribution in [0.4, 0.5) is 0 Å². The lowest BCUT2D eigenvalue weighted by Crippen LogP contribution is -2.04. The molecule has 3 aromatic heterocycles. The minimum atomic E-state index is -0.270. The molecule has 0 unspecified atom stereocenters. The number of benzene rings is 7. The topological polar surface area (TPSA) is 56.7 Å². The van der Waals surface area contributed by atoms with E-state index in [9.17, 15) is 2.74 Å². The van der Waals surface area contributed by atoms with Crippen molar-refractivity contribution >= 4 is 43.7 Å². The van der Waals surface area contributed by atoms with Gasteiger partial charge in [-0.1, -0.05) is 139 Å². The molecule has 0 radical (unpaired) electrons. The van der Waals surface area contributed by atoms with Crippen molar-refractivity contribution in [2.24, 2.45) is 0 Å². The summed E-state index contributed by atoms with van der Waals surface area (Å²) in [6.45, 7) is 0. The lowest BCUT2D eigenvalue weighted by atomic mass is 9.98. The lowest BCUT2D eigenvalue weighted by molar-refractivity contribution is 0.670. The summed E-state index contributed by atoms with van der Waals surface area (Å²) in [6.07, 6.45) is 0. The van der Waals surface area contributed by atoms with Gasteiger partial charge in [0.05, 0.1) is 31.8 Å². The van der Waals surface area contributed by atoms with E-state index in [1.165, 1.54) is 24.3 Å². The number of aromatic nitrogens is 4. The highest BCUT2D eigenvalue weighted by Gasteiger charge is 2.21. The third kappa shape index (κ3) is 4.52. The zero-order valence-electron chi connectivity index (χ0n) is 37.0. The summed E-state index contributed by atoms with van der Waals surface area (Å²) < 4.78 is 105. The van der Waals surface area contributed by atoms with Crippen LogP contribution >= 0.6 is 0 Å². The van der Waals surface area contributed by atoms with Gasteiger partial charge in [-0.3, -0.25) is 0 Å². The highest BCUT2D eigenvalue weighted by Crippen LogP contribution is 2.41. The Morgan fingerprint density at radius 2 is 1.04 bits per heavy atom. The van der Waals surface area contributed by atoms with E-state index in [1.807, 2.05) is 60.7 Å². The normalized spacial score (nSPS) is 14.7. The van der Waals surface area contributed by atoms with Crippen LogP contribution in [-0.2, 0) is 0 Å². The molecule has 0 spiro atoms. The van der Waals surface area contributed by atoms with Gasteiger partial charge in [0.1, 0.15) is 11.2 Å². The molecule has 50 heavy (non-hydrogen) atoms. The molecule has 10 aromatic rings. The van der Waals surface area contributed by atoms with Crippen LogP contribution in [0.2, 0.25) is 0 Å². The summed E-state index contributed by atoms with van der Waals surface area (Å²) in [5.41, 5.74) is 3.14. The molecule has 0 N–H and O–H groups in total. The van der Waals surface area contributed by atoms with Crippen molar-refractivity contribution in [3.05, 3.63) is 170 Å². The SMILES string of the molecule is [2H]c1cc([2H])c2oc3c(-c4ccc(-n5c6c([2H])cc([2H])c([2H])c6c6c([2H])c([2H])cc([2H])c65)c(-c5nc(-c6ccccc6)nc(-c6ccccc6)n5)c4)cc([2H])c([2H])c3c2c1[2H]. The predicted molar refractivity (Wildman–Crippen MR) is 203 cm³/mol. The fourth-order valence-corrected chi connectivity index (χ4v) is 6.39.